The Labute approximate surface area is 210 Å². The molecule has 0 radical (unpaired) electrons. The molecule has 2 atom stereocenters. The minimum absolute atomic E-state index is 0.0262. The number of hydrogen-bond donors (Lipinski definition) is 0. The molecule has 3 aliphatic rings. The van der Waals surface area contributed by atoms with E-state index in [1.54, 1.807) is 28.7 Å². The molecule has 3 aromatic rings. The number of halogens is 2. The third-order valence-electron chi connectivity index (χ3n) is 6.82. The molecule has 0 saturated carbocycles. The molecule has 6 rings (SSSR count). The van der Waals surface area contributed by atoms with E-state index in [1.807, 2.05) is 29.3 Å². The normalized spacial score (nSPS) is 20.6. The van der Waals surface area contributed by atoms with Crippen molar-refractivity contribution in [1.82, 2.24) is 9.58 Å². The molecule has 2 aromatic carbocycles. The van der Waals surface area contributed by atoms with Gasteiger partial charge in [-0.1, -0.05) is 31.1 Å². The smallest absolute Gasteiger partial charge is 0.337 e. The van der Waals surface area contributed by atoms with Crippen molar-refractivity contribution in [2.45, 2.75) is 29.7 Å². The summed E-state index contributed by atoms with van der Waals surface area (Å²) in [5.74, 6) is -1.88. The van der Waals surface area contributed by atoms with Gasteiger partial charge >= 0.3 is 7.48 Å². The molecule has 1 amide bonds. The van der Waals surface area contributed by atoms with Gasteiger partial charge in [-0.15, -0.1) is 11.8 Å². The lowest BCUT2D eigenvalue weighted by Crippen LogP contribution is -2.66. The molecular formula is C25H22BF2N3O4S. The van der Waals surface area contributed by atoms with Crippen LogP contribution in [0.1, 0.15) is 33.2 Å². The zero-order valence-electron chi connectivity index (χ0n) is 19.4. The number of hydrogen-bond acceptors (Lipinski definition) is 6. The van der Waals surface area contributed by atoms with Crippen LogP contribution in [-0.4, -0.2) is 48.9 Å². The van der Waals surface area contributed by atoms with E-state index in [9.17, 15) is 14.0 Å². The van der Waals surface area contributed by atoms with Crippen LogP contribution in [0.15, 0.2) is 58.4 Å². The minimum Gasteiger partial charge on any atom is -0.560 e. The molecule has 0 aliphatic carbocycles. The highest BCUT2D eigenvalue weighted by Crippen LogP contribution is 2.45. The molecule has 11 heteroatoms. The molecule has 36 heavy (non-hydrogen) atoms. The van der Waals surface area contributed by atoms with Crippen molar-refractivity contribution in [2.75, 3.05) is 24.8 Å². The molecule has 0 bridgehead atoms. The monoisotopic (exact) mass is 509 g/mol. The Hall–Kier alpha value is -3.31. The third-order valence-corrected chi connectivity index (χ3v) is 7.94. The van der Waals surface area contributed by atoms with E-state index in [0.29, 0.717) is 18.7 Å². The molecule has 1 saturated heterocycles. The fourth-order valence-corrected chi connectivity index (χ4v) is 6.37. The van der Waals surface area contributed by atoms with Crippen molar-refractivity contribution in [3.8, 4) is 5.75 Å². The third kappa shape index (κ3) is 3.44. The molecule has 0 N–H and O–H groups in total. The van der Waals surface area contributed by atoms with Crippen molar-refractivity contribution in [3.05, 3.63) is 92.9 Å². The fourth-order valence-electron chi connectivity index (χ4n) is 5.25. The standard InChI is InChI=1S/C25H22BF2N3O4S/c1-26-35-24-18(32)8-9-30-23(24)25(33)29-10-11-34-12-20(29)31(30)22-14-6-7-17(27)21(28)16(14)13-36-19-5-3-2-4-15(19)22/h2-9,20,22,26H,10-13H2,1H3/t20-,22+/m1/s1. The van der Waals surface area contributed by atoms with Gasteiger partial charge in [0.1, 0.15) is 6.17 Å². The average molecular weight is 509 g/mol. The molecule has 0 spiro atoms. The molecule has 4 heterocycles. The fraction of sp³-hybridized carbons (Fsp3) is 0.280. The van der Waals surface area contributed by atoms with Gasteiger partial charge in [-0.2, -0.15) is 0 Å². The van der Waals surface area contributed by atoms with Crippen LogP contribution in [0.25, 0.3) is 0 Å². The summed E-state index contributed by atoms with van der Waals surface area (Å²) in [6.07, 6.45) is 1.00. The number of carbonyl (C=O) groups excluding carboxylic acids is 1. The summed E-state index contributed by atoms with van der Waals surface area (Å²) in [6.45, 7) is 2.64. The van der Waals surface area contributed by atoms with Gasteiger partial charge < -0.3 is 14.3 Å². The van der Waals surface area contributed by atoms with Gasteiger partial charge in [0, 0.05) is 35.0 Å². The molecule has 7 nitrogen and oxygen atoms in total. The zero-order chi connectivity index (χ0) is 25.0. The topological polar surface area (TPSA) is 64.0 Å². The average Bonchev–Trinajstić information content (AvgIpc) is 3.06. The molecule has 1 fully saturated rings. The van der Waals surface area contributed by atoms with Crippen molar-refractivity contribution in [3.63, 3.8) is 0 Å². The quantitative estimate of drug-likeness (QED) is 0.506. The Morgan fingerprint density at radius 3 is 2.78 bits per heavy atom. The maximum Gasteiger partial charge on any atom is 0.337 e. The summed E-state index contributed by atoms with van der Waals surface area (Å²) in [6, 6.07) is 11.2. The Morgan fingerprint density at radius 1 is 1.11 bits per heavy atom. The van der Waals surface area contributed by atoms with Gasteiger partial charge in [0.15, 0.2) is 23.1 Å². The van der Waals surface area contributed by atoms with Crippen LogP contribution in [0, 0.1) is 11.6 Å². The summed E-state index contributed by atoms with van der Waals surface area (Å²) >= 11 is 1.44. The predicted molar refractivity (Wildman–Crippen MR) is 132 cm³/mol. The van der Waals surface area contributed by atoms with E-state index in [0.717, 1.165) is 16.5 Å². The van der Waals surface area contributed by atoms with E-state index in [2.05, 4.69) is 0 Å². The first-order valence-corrected chi connectivity index (χ1v) is 12.7. The van der Waals surface area contributed by atoms with E-state index in [4.69, 9.17) is 9.39 Å². The first-order chi connectivity index (χ1) is 17.5. The zero-order valence-corrected chi connectivity index (χ0v) is 20.3. The van der Waals surface area contributed by atoms with E-state index in [-0.39, 0.29) is 42.8 Å². The van der Waals surface area contributed by atoms with E-state index in [1.165, 1.54) is 17.8 Å². The minimum atomic E-state index is -0.904. The summed E-state index contributed by atoms with van der Waals surface area (Å²) in [5.41, 5.74) is 1.46. The van der Waals surface area contributed by atoms with Crippen LogP contribution in [0.5, 0.6) is 5.75 Å². The second-order valence-electron chi connectivity index (χ2n) is 8.73. The Morgan fingerprint density at radius 2 is 1.94 bits per heavy atom. The maximum absolute atomic E-state index is 15.2. The Kier molecular flexibility index (Phi) is 5.76. The van der Waals surface area contributed by atoms with Gasteiger partial charge in [-0.3, -0.25) is 19.3 Å². The van der Waals surface area contributed by atoms with Crippen molar-refractivity contribution in [1.29, 1.82) is 0 Å². The first kappa shape index (κ1) is 23.1. The lowest BCUT2D eigenvalue weighted by atomic mass is 9.93. The number of nitrogens with zero attached hydrogens (tertiary/aromatic N) is 3. The molecule has 0 unspecified atom stereocenters. The summed E-state index contributed by atoms with van der Waals surface area (Å²) in [7, 11) is 0.211. The number of morpholine rings is 1. The summed E-state index contributed by atoms with van der Waals surface area (Å²) in [4.78, 5) is 29.0. The SMILES string of the molecule is CBOc1c2n(ccc1=O)N([C@@H]1c3ccccc3SCc3c1ccc(F)c3F)[C@@H]1COCCN1C2=O. The van der Waals surface area contributed by atoms with Gasteiger partial charge in [0.25, 0.3) is 5.91 Å². The highest BCUT2D eigenvalue weighted by atomic mass is 32.2. The van der Waals surface area contributed by atoms with Crippen LogP contribution in [0.2, 0.25) is 6.82 Å². The molecule has 184 valence electrons. The number of rotatable bonds is 3. The number of ether oxygens (including phenoxy) is 1. The highest BCUT2D eigenvalue weighted by Gasteiger charge is 2.46. The summed E-state index contributed by atoms with van der Waals surface area (Å²) in [5, 5.41) is 1.93. The molecule has 1 aromatic heterocycles. The van der Waals surface area contributed by atoms with Crippen LogP contribution >= 0.6 is 11.8 Å². The second kappa shape index (κ2) is 8.97. The van der Waals surface area contributed by atoms with Gasteiger partial charge in [0.2, 0.25) is 5.43 Å². The van der Waals surface area contributed by atoms with Crippen LogP contribution in [0.4, 0.5) is 8.78 Å². The number of pyridine rings is 1. The largest absolute Gasteiger partial charge is 0.560 e. The first-order valence-electron chi connectivity index (χ1n) is 11.8. The molecule has 3 aliphatic heterocycles. The van der Waals surface area contributed by atoms with Gasteiger partial charge in [-0.05, 0) is 23.3 Å². The number of fused-ring (bicyclic) bond motifs is 4. The number of thioether (sulfide) groups is 1. The number of amides is 1. The lowest BCUT2D eigenvalue weighted by molar-refractivity contribution is -0.0196. The summed E-state index contributed by atoms with van der Waals surface area (Å²) < 4.78 is 42.6. The van der Waals surface area contributed by atoms with Gasteiger partial charge in [0.05, 0.1) is 19.3 Å². The Balaban J connectivity index is 1.67. The second-order valence-corrected chi connectivity index (χ2v) is 9.74. The van der Waals surface area contributed by atoms with Crippen molar-refractivity contribution in [2.24, 2.45) is 0 Å². The van der Waals surface area contributed by atoms with Crippen LogP contribution in [-0.2, 0) is 10.5 Å². The van der Waals surface area contributed by atoms with E-state index < -0.39 is 29.3 Å². The highest BCUT2D eigenvalue weighted by molar-refractivity contribution is 7.98. The predicted octanol–water partition coefficient (Wildman–Crippen LogP) is 3.05. The molecular weight excluding hydrogens is 487 g/mol. The van der Waals surface area contributed by atoms with Crippen LogP contribution < -0.4 is 15.1 Å². The van der Waals surface area contributed by atoms with Crippen molar-refractivity contribution >= 4 is 25.2 Å². The van der Waals surface area contributed by atoms with E-state index >= 15 is 4.39 Å². The number of carbonyl (C=O) groups is 1. The van der Waals surface area contributed by atoms with Gasteiger partial charge in [-0.25, -0.2) is 8.78 Å². The lowest BCUT2D eigenvalue weighted by Gasteiger charge is -2.51. The Bertz CT molecular complexity index is 1430. The number of aromatic nitrogens is 1. The van der Waals surface area contributed by atoms with Crippen molar-refractivity contribution < 1.29 is 23.0 Å². The maximum atomic E-state index is 15.2. The van der Waals surface area contributed by atoms with Crippen LogP contribution in [0.3, 0.4) is 0 Å². The number of benzene rings is 2.